The molecular weight excluding hydrogens is 254 g/mol. The standard InChI is InChI=1S/C11H17N3O3S/c1-7(2)8-5-9(14-13-8)11(17)12-3-4-18-6-10(15)16/h5,7H,3-4,6H2,1-2H3,(H,12,17)(H,13,14)(H,15,16). The van der Waals surface area contributed by atoms with Crippen molar-refractivity contribution in [2.75, 3.05) is 18.1 Å². The van der Waals surface area contributed by atoms with Gasteiger partial charge in [-0.15, -0.1) is 11.8 Å². The van der Waals surface area contributed by atoms with Gasteiger partial charge in [-0.2, -0.15) is 5.10 Å². The molecule has 6 nitrogen and oxygen atoms in total. The number of nitrogens with one attached hydrogen (secondary N) is 2. The lowest BCUT2D eigenvalue weighted by molar-refractivity contribution is -0.133. The summed E-state index contributed by atoms with van der Waals surface area (Å²) in [6.45, 7) is 4.45. The molecule has 100 valence electrons. The average molecular weight is 271 g/mol. The van der Waals surface area contributed by atoms with Crippen molar-refractivity contribution in [2.45, 2.75) is 19.8 Å². The van der Waals surface area contributed by atoms with Gasteiger partial charge in [0.25, 0.3) is 5.91 Å². The Labute approximate surface area is 110 Å². The Morgan fingerprint density at radius 2 is 2.28 bits per heavy atom. The molecule has 3 N–H and O–H groups in total. The van der Waals surface area contributed by atoms with Crippen LogP contribution in [-0.4, -0.2) is 45.2 Å². The number of amides is 1. The molecule has 1 amide bonds. The Kier molecular flexibility index (Phi) is 5.70. The van der Waals surface area contributed by atoms with Crippen LogP contribution >= 0.6 is 11.8 Å². The zero-order valence-electron chi connectivity index (χ0n) is 10.4. The molecule has 0 bridgehead atoms. The molecule has 0 saturated heterocycles. The van der Waals surface area contributed by atoms with E-state index in [4.69, 9.17) is 5.11 Å². The third-order valence-electron chi connectivity index (χ3n) is 2.21. The first-order chi connectivity index (χ1) is 8.50. The first kappa shape index (κ1) is 14.6. The van der Waals surface area contributed by atoms with E-state index in [9.17, 15) is 9.59 Å². The molecule has 0 spiro atoms. The van der Waals surface area contributed by atoms with Gasteiger partial charge in [-0.3, -0.25) is 14.7 Å². The van der Waals surface area contributed by atoms with Gasteiger partial charge in [-0.1, -0.05) is 13.8 Å². The van der Waals surface area contributed by atoms with E-state index >= 15 is 0 Å². The fourth-order valence-electron chi connectivity index (χ4n) is 1.24. The van der Waals surface area contributed by atoms with Crippen LogP contribution < -0.4 is 5.32 Å². The summed E-state index contributed by atoms with van der Waals surface area (Å²) in [4.78, 5) is 21.9. The highest BCUT2D eigenvalue weighted by atomic mass is 32.2. The van der Waals surface area contributed by atoms with Gasteiger partial charge in [0.15, 0.2) is 0 Å². The summed E-state index contributed by atoms with van der Waals surface area (Å²) in [5, 5.41) is 17.9. The molecular formula is C11H17N3O3S. The number of aromatic nitrogens is 2. The van der Waals surface area contributed by atoms with Crippen molar-refractivity contribution in [2.24, 2.45) is 0 Å². The Morgan fingerprint density at radius 1 is 1.56 bits per heavy atom. The second-order valence-electron chi connectivity index (χ2n) is 4.07. The number of aromatic amines is 1. The van der Waals surface area contributed by atoms with Crippen molar-refractivity contribution < 1.29 is 14.7 Å². The molecule has 1 aromatic rings. The third-order valence-corrected chi connectivity index (χ3v) is 3.15. The van der Waals surface area contributed by atoms with Gasteiger partial charge < -0.3 is 10.4 Å². The second kappa shape index (κ2) is 7.05. The molecule has 0 aliphatic carbocycles. The number of carbonyl (C=O) groups is 2. The minimum Gasteiger partial charge on any atom is -0.481 e. The maximum atomic E-state index is 11.7. The number of carboxylic acid groups (broad SMARTS) is 1. The van der Waals surface area contributed by atoms with Crippen molar-refractivity contribution in [1.29, 1.82) is 0 Å². The van der Waals surface area contributed by atoms with Crippen LogP contribution in [0.2, 0.25) is 0 Å². The summed E-state index contributed by atoms with van der Waals surface area (Å²) in [6.07, 6.45) is 0. The molecule has 0 atom stereocenters. The molecule has 18 heavy (non-hydrogen) atoms. The zero-order valence-corrected chi connectivity index (χ0v) is 11.2. The van der Waals surface area contributed by atoms with E-state index in [1.54, 1.807) is 6.07 Å². The lowest BCUT2D eigenvalue weighted by Crippen LogP contribution is -2.26. The SMILES string of the molecule is CC(C)c1cc(C(=O)NCCSCC(=O)O)n[nH]1. The largest absolute Gasteiger partial charge is 0.481 e. The number of hydrogen-bond acceptors (Lipinski definition) is 4. The van der Waals surface area contributed by atoms with Crippen LogP contribution in [-0.2, 0) is 4.79 Å². The summed E-state index contributed by atoms with van der Waals surface area (Å²) in [6, 6.07) is 1.73. The Hall–Kier alpha value is -1.50. The summed E-state index contributed by atoms with van der Waals surface area (Å²) in [7, 11) is 0. The molecule has 0 radical (unpaired) electrons. The summed E-state index contributed by atoms with van der Waals surface area (Å²) >= 11 is 1.27. The van der Waals surface area contributed by atoms with Crippen molar-refractivity contribution in [3.05, 3.63) is 17.5 Å². The lowest BCUT2D eigenvalue weighted by atomic mass is 10.1. The predicted molar refractivity (Wildman–Crippen MR) is 70.0 cm³/mol. The smallest absolute Gasteiger partial charge is 0.313 e. The molecule has 0 aliphatic rings. The first-order valence-corrected chi connectivity index (χ1v) is 6.79. The molecule has 0 saturated carbocycles. The quantitative estimate of drug-likeness (QED) is 0.645. The van der Waals surface area contributed by atoms with Crippen molar-refractivity contribution in [3.8, 4) is 0 Å². The molecule has 1 heterocycles. The minimum atomic E-state index is -0.847. The van der Waals surface area contributed by atoms with Crippen LogP contribution in [0.5, 0.6) is 0 Å². The lowest BCUT2D eigenvalue weighted by Gasteiger charge is -2.01. The monoisotopic (exact) mass is 271 g/mol. The first-order valence-electron chi connectivity index (χ1n) is 5.63. The second-order valence-corrected chi connectivity index (χ2v) is 5.17. The molecule has 7 heteroatoms. The summed E-state index contributed by atoms with van der Waals surface area (Å²) in [5.74, 6) is -0.172. The zero-order chi connectivity index (χ0) is 13.5. The highest BCUT2D eigenvalue weighted by Gasteiger charge is 2.11. The van der Waals surface area contributed by atoms with Crippen molar-refractivity contribution in [1.82, 2.24) is 15.5 Å². The maximum Gasteiger partial charge on any atom is 0.313 e. The molecule has 0 unspecified atom stereocenters. The topological polar surface area (TPSA) is 95.1 Å². The van der Waals surface area contributed by atoms with Gasteiger partial charge in [0, 0.05) is 18.0 Å². The van der Waals surface area contributed by atoms with Crippen molar-refractivity contribution >= 4 is 23.6 Å². The average Bonchev–Trinajstić information content (AvgIpc) is 2.77. The van der Waals surface area contributed by atoms with E-state index < -0.39 is 5.97 Å². The van der Waals surface area contributed by atoms with Gasteiger partial charge in [0.05, 0.1) is 5.75 Å². The number of thioether (sulfide) groups is 1. The molecule has 0 aromatic carbocycles. The molecule has 0 aliphatic heterocycles. The predicted octanol–water partition coefficient (Wildman–Crippen LogP) is 1.08. The number of carbonyl (C=O) groups excluding carboxylic acids is 1. The number of rotatable bonds is 7. The van der Waals surface area contributed by atoms with Crippen LogP contribution in [0.4, 0.5) is 0 Å². The molecule has 0 fully saturated rings. The molecule has 1 rings (SSSR count). The minimum absolute atomic E-state index is 0.0514. The van der Waals surface area contributed by atoms with E-state index in [0.717, 1.165) is 5.69 Å². The van der Waals surface area contributed by atoms with Gasteiger partial charge >= 0.3 is 5.97 Å². The van der Waals surface area contributed by atoms with Gasteiger partial charge in [-0.05, 0) is 12.0 Å². The van der Waals surface area contributed by atoms with Gasteiger partial charge in [0.2, 0.25) is 0 Å². The van der Waals surface area contributed by atoms with E-state index in [1.165, 1.54) is 11.8 Å². The van der Waals surface area contributed by atoms with E-state index in [1.807, 2.05) is 13.8 Å². The van der Waals surface area contributed by atoms with Gasteiger partial charge in [0.1, 0.15) is 5.69 Å². The van der Waals surface area contributed by atoms with Crippen LogP contribution in [0, 0.1) is 0 Å². The van der Waals surface area contributed by atoms with Crippen molar-refractivity contribution in [3.63, 3.8) is 0 Å². The van der Waals surface area contributed by atoms with E-state index in [0.29, 0.717) is 23.9 Å². The summed E-state index contributed by atoms with van der Waals surface area (Å²) in [5.41, 5.74) is 1.28. The number of carboxylic acids is 1. The van der Waals surface area contributed by atoms with Crippen LogP contribution in [0.1, 0.15) is 35.9 Å². The van der Waals surface area contributed by atoms with Crippen LogP contribution in [0.25, 0.3) is 0 Å². The highest BCUT2D eigenvalue weighted by Crippen LogP contribution is 2.11. The number of hydrogen-bond donors (Lipinski definition) is 3. The fraction of sp³-hybridized carbons (Fsp3) is 0.545. The normalized spacial score (nSPS) is 10.6. The maximum absolute atomic E-state index is 11.7. The number of H-pyrrole nitrogens is 1. The van der Waals surface area contributed by atoms with E-state index in [-0.39, 0.29) is 11.7 Å². The number of aliphatic carboxylic acids is 1. The van der Waals surface area contributed by atoms with Crippen LogP contribution in [0.3, 0.4) is 0 Å². The van der Waals surface area contributed by atoms with Crippen LogP contribution in [0.15, 0.2) is 6.07 Å². The Morgan fingerprint density at radius 3 is 2.83 bits per heavy atom. The van der Waals surface area contributed by atoms with Gasteiger partial charge in [-0.25, -0.2) is 0 Å². The Bertz CT molecular complexity index is 417. The summed E-state index contributed by atoms with van der Waals surface area (Å²) < 4.78 is 0. The third kappa shape index (κ3) is 4.79. The number of nitrogens with zero attached hydrogens (tertiary/aromatic N) is 1. The fourth-order valence-corrected chi connectivity index (χ4v) is 1.80. The molecule has 1 aromatic heterocycles. The Balaban J connectivity index is 2.29. The van der Waals surface area contributed by atoms with E-state index in [2.05, 4.69) is 15.5 Å². The highest BCUT2D eigenvalue weighted by molar-refractivity contribution is 7.99.